The molecule has 0 aliphatic carbocycles. The van der Waals surface area contributed by atoms with Crippen molar-refractivity contribution in [3.63, 3.8) is 0 Å². The van der Waals surface area contributed by atoms with E-state index in [0.29, 0.717) is 35.0 Å². The van der Waals surface area contributed by atoms with Crippen LogP contribution in [-0.4, -0.2) is 47.8 Å². The summed E-state index contributed by atoms with van der Waals surface area (Å²) in [4.78, 5) is 43.3. The molecule has 4 aromatic rings. The van der Waals surface area contributed by atoms with Crippen LogP contribution in [0.5, 0.6) is 0 Å². The molecule has 184 valence electrons. The number of pyridine rings is 2. The molecule has 0 unspecified atom stereocenters. The van der Waals surface area contributed by atoms with E-state index in [0.717, 1.165) is 19.4 Å². The molecule has 10 nitrogen and oxygen atoms in total. The molecule has 0 bridgehead atoms. The molecular formula is C26H28N8O2. The van der Waals surface area contributed by atoms with E-state index in [9.17, 15) is 9.59 Å². The number of aromatic nitrogens is 6. The summed E-state index contributed by atoms with van der Waals surface area (Å²) < 4.78 is 4.55. The van der Waals surface area contributed by atoms with Gasteiger partial charge in [0.05, 0.1) is 31.0 Å². The number of anilines is 1. The molecule has 2 N–H and O–H groups in total. The van der Waals surface area contributed by atoms with E-state index in [1.54, 1.807) is 31.5 Å². The molecule has 5 heterocycles. The van der Waals surface area contributed by atoms with Gasteiger partial charge in [-0.25, -0.2) is 4.79 Å². The fourth-order valence-corrected chi connectivity index (χ4v) is 4.61. The lowest BCUT2D eigenvalue weighted by Crippen LogP contribution is -2.44. The van der Waals surface area contributed by atoms with Gasteiger partial charge in [-0.05, 0) is 44.0 Å². The maximum absolute atomic E-state index is 13.9. The van der Waals surface area contributed by atoms with Gasteiger partial charge in [0.1, 0.15) is 0 Å². The van der Waals surface area contributed by atoms with Gasteiger partial charge < -0.3 is 10.6 Å². The third kappa shape index (κ3) is 4.53. The third-order valence-corrected chi connectivity index (χ3v) is 6.34. The van der Waals surface area contributed by atoms with Crippen molar-refractivity contribution in [2.75, 3.05) is 18.0 Å². The fraction of sp³-hybridized carbons (Fsp3) is 0.346. The van der Waals surface area contributed by atoms with Crippen LogP contribution >= 0.6 is 0 Å². The smallest absolute Gasteiger partial charge is 0.333 e. The lowest BCUT2D eigenvalue weighted by atomic mass is 10.1. The van der Waals surface area contributed by atoms with Gasteiger partial charge in [0, 0.05) is 31.5 Å². The Balaban J connectivity index is 1.77. The lowest BCUT2D eigenvalue weighted by Gasteiger charge is -2.31. The van der Waals surface area contributed by atoms with Crippen LogP contribution in [-0.2, 0) is 19.6 Å². The molecular weight excluding hydrogens is 456 g/mol. The van der Waals surface area contributed by atoms with Gasteiger partial charge in [-0.3, -0.25) is 28.5 Å². The number of nitrogens with two attached hydrogens (primary N) is 1. The van der Waals surface area contributed by atoms with Crippen LogP contribution in [0.25, 0.3) is 11.2 Å². The molecule has 0 saturated carbocycles. The van der Waals surface area contributed by atoms with Crippen LogP contribution < -0.4 is 21.9 Å². The highest BCUT2D eigenvalue weighted by molar-refractivity contribution is 5.75. The van der Waals surface area contributed by atoms with E-state index in [2.05, 4.69) is 26.7 Å². The van der Waals surface area contributed by atoms with E-state index in [-0.39, 0.29) is 25.7 Å². The zero-order valence-corrected chi connectivity index (χ0v) is 20.2. The molecule has 1 atom stereocenters. The minimum atomic E-state index is -0.461. The van der Waals surface area contributed by atoms with Gasteiger partial charge in [0.25, 0.3) is 5.56 Å². The molecule has 10 heteroatoms. The predicted octanol–water partition coefficient (Wildman–Crippen LogP) is 1.20. The summed E-state index contributed by atoms with van der Waals surface area (Å²) in [5.74, 6) is 6.58. The summed E-state index contributed by atoms with van der Waals surface area (Å²) in [5.41, 5.74) is 7.33. The van der Waals surface area contributed by atoms with Crippen molar-refractivity contribution in [2.45, 2.75) is 45.4 Å². The van der Waals surface area contributed by atoms with E-state index >= 15 is 0 Å². The highest BCUT2D eigenvalue weighted by atomic mass is 16.2. The van der Waals surface area contributed by atoms with Crippen LogP contribution in [0.3, 0.4) is 0 Å². The molecule has 4 aromatic heterocycles. The molecule has 36 heavy (non-hydrogen) atoms. The summed E-state index contributed by atoms with van der Waals surface area (Å²) in [6.45, 7) is 3.64. The number of imidazole rings is 1. The van der Waals surface area contributed by atoms with Crippen LogP contribution in [0.4, 0.5) is 5.95 Å². The van der Waals surface area contributed by atoms with Gasteiger partial charge in [-0.2, -0.15) is 4.98 Å². The molecule has 0 aromatic carbocycles. The first-order valence-electron chi connectivity index (χ1n) is 12.0. The fourth-order valence-electron chi connectivity index (χ4n) is 4.61. The maximum Gasteiger partial charge on any atom is 0.333 e. The van der Waals surface area contributed by atoms with Crippen molar-refractivity contribution in [1.82, 2.24) is 28.7 Å². The molecule has 5 rings (SSSR count). The zero-order valence-electron chi connectivity index (χ0n) is 20.2. The first kappa shape index (κ1) is 23.5. The molecule has 1 fully saturated rings. The number of nitrogens with zero attached hydrogens (tertiary/aromatic N) is 7. The Bertz CT molecular complexity index is 1540. The Hall–Kier alpha value is -4.23. The first-order valence-corrected chi connectivity index (χ1v) is 12.0. The average Bonchev–Trinajstić information content (AvgIpc) is 3.28. The second-order valence-electron chi connectivity index (χ2n) is 8.85. The molecule has 1 aliphatic rings. The monoisotopic (exact) mass is 484 g/mol. The van der Waals surface area contributed by atoms with Crippen molar-refractivity contribution in [2.24, 2.45) is 5.73 Å². The number of hydrogen-bond acceptors (Lipinski definition) is 7. The lowest BCUT2D eigenvalue weighted by molar-refractivity contribution is 0.496. The first-order chi connectivity index (χ1) is 17.6. The van der Waals surface area contributed by atoms with Gasteiger partial charge in [0.15, 0.2) is 11.2 Å². The molecule has 0 spiro atoms. The third-order valence-electron chi connectivity index (χ3n) is 6.34. The molecule has 1 aliphatic heterocycles. The number of hydrogen-bond donors (Lipinski definition) is 1. The summed E-state index contributed by atoms with van der Waals surface area (Å²) in [6, 6.07) is 11.0. The summed E-state index contributed by atoms with van der Waals surface area (Å²) >= 11 is 0. The minimum absolute atomic E-state index is 0.0146. The van der Waals surface area contributed by atoms with Crippen molar-refractivity contribution < 1.29 is 0 Å². The van der Waals surface area contributed by atoms with Gasteiger partial charge >= 0.3 is 5.69 Å². The van der Waals surface area contributed by atoms with E-state index < -0.39 is 11.2 Å². The average molecular weight is 485 g/mol. The molecule has 0 radical (unpaired) electrons. The standard InChI is InChI=1S/C26H28N8O2/c1-2-3-15-32-22-23(30-25(32)31-14-8-9-19(27)16-31)33(17-20-10-4-6-12-28-20)26(36)34(24(22)35)18-21-11-5-7-13-29-21/h4-7,10-13,19H,8-9,14-18,27H2,1H3/t19-/m1/s1. The predicted molar refractivity (Wildman–Crippen MR) is 138 cm³/mol. The summed E-state index contributed by atoms with van der Waals surface area (Å²) in [7, 11) is 0. The van der Waals surface area contributed by atoms with Gasteiger partial charge in [-0.15, -0.1) is 5.92 Å². The normalized spacial score (nSPS) is 15.6. The minimum Gasteiger partial charge on any atom is -0.341 e. The number of piperidine rings is 1. The van der Waals surface area contributed by atoms with Crippen molar-refractivity contribution in [3.8, 4) is 11.8 Å². The Morgan fingerprint density at radius 3 is 2.31 bits per heavy atom. The number of rotatable bonds is 6. The Morgan fingerprint density at radius 1 is 1.00 bits per heavy atom. The van der Waals surface area contributed by atoms with Crippen LogP contribution in [0, 0.1) is 11.8 Å². The van der Waals surface area contributed by atoms with Crippen LogP contribution in [0.2, 0.25) is 0 Å². The summed E-state index contributed by atoms with van der Waals surface area (Å²) in [6.07, 6.45) is 5.18. The SMILES string of the molecule is CC#CCn1c(N2CCC[C@@H](N)C2)nc2c1c(=O)n(Cc1ccccn1)c(=O)n2Cc1ccccn1. The maximum atomic E-state index is 13.9. The van der Waals surface area contributed by atoms with Crippen LogP contribution in [0.15, 0.2) is 58.4 Å². The Morgan fingerprint density at radius 2 is 1.69 bits per heavy atom. The van der Waals surface area contributed by atoms with Crippen LogP contribution in [0.1, 0.15) is 31.2 Å². The largest absolute Gasteiger partial charge is 0.341 e. The second-order valence-corrected chi connectivity index (χ2v) is 8.85. The topological polar surface area (TPSA) is 117 Å². The number of fused-ring (bicyclic) bond motifs is 1. The van der Waals surface area contributed by atoms with E-state index in [1.165, 1.54) is 9.13 Å². The van der Waals surface area contributed by atoms with E-state index in [1.807, 2.05) is 28.8 Å². The zero-order chi connectivity index (χ0) is 25.1. The van der Waals surface area contributed by atoms with Gasteiger partial charge in [0.2, 0.25) is 5.95 Å². The quantitative estimate of drug-likeness (QED) is 0.409. The highest BCUT2D eigenvalue weighted by Crippen LogP contribution is 2.23. The molecule has 1 saturated heterocycles. The molecule has 0 amide bonds. The highest BCUT2D eigenvalue weighted by Gasteiger charge is 2.27. The Kier molecular flexibility index (Phi) is 6.64. The van der Waals surface area contributed by atoms with Gasteiger partial charge in [-0.1, -0.05) is 18.1 Å². The van der Waals surface area contributed by atoms with E-state index in [4.69, 9.17) is 10.7 Å². The van der Waals surface area contributed by atoms with Crippen molar-refractivity contribution >= 4 is 17.1 Å². The Labute approximate surface area is 208 Å². The second kappa shape index (κ2) is 10.2. The summed E-state index contributed by atoms with van der Waals surface area (Å²) in [5, 5.41) is 0. The van der Waals surface area contributed by atoms with Crippen molar-refractivity contribution in [1.29, 1.82) is 0 Å². The van der Waals surface area contributed by atoms with Crippen molar-refractivity contribution in [3.05, 3.63) is 81.0 Å².